The number of sulfone groups is 1. The molecular weight excluding hydrogens is 288 g/mol. The van der Waals surface area contributed by atoms with Gasteiger partial charge in [0, 0.05) is 11.1 Å². The van der Waals surface area contributed by atoms with Crippen LogP contribution in [0.4, 0.5) is 0 Å². The molecule has 98 valence electrons. The average Bonchev–Trinajstić information content (AvgIpc) is 2.30. The molecule has 0 saturated carbocycles. The second kappa shape index (κ2) is 7.70. The van der Waals surface area contributed by atoms with E-state index >= 15 is 0 Å². The Kier molecular flexibility index (Phi) is 7.90. The highest BCUT2D eigenvalue weighted by Crippen LogP contribution is 2.35. The first-order valence-corrected chi connectivity index (χ1v) is 9.16. The molecule has 0 aliphatic carbocycles. The van der Waals surface area contributed by atoms with Crippen LogP contribution in [-0.4, -0.2) is 25.3 Å². The number of hydrogen-bond acceptors (Lipinski definition) is 2. The standard InChI is InChI=1S/C12H25BrO2S/c1-4-7-8-12(5-2,11-13)9-10-16(14,15)6-3/h4-11H2,1-3H3. The third-order valence-electron chi connectivity index (χ3n) is 3.48. The topological polar surface area (TPSA) is 34.1 Å². The van der Waals surface area contributed by atoms with Gasteiger partial charge in [-0.15, -0.1) is 0 Å². The van der Waals surface area contributed by atoms with Gasteiger partial charge >= 0.3 is 0 Å². The second-order valence-electron chi connectivity index (χ2n) is 4.58. The van der Waals surface area contributed by atoms with Crippen molar-refractivity contribution in [1.29, 1.82) is 0 Å². The molecule has 1 atom stereocenters. The zero-order valence-corrected chi connectivity index (χ0v) is 13.2. The van der Waals surface area contributed by atoms with Crippen LogP contribution in [0.3, 0.4) is 0 Å². The summed E-state index contributed by atoms with van der Waals surface area (Å²) in [4.78, 5) is 0. The molecule has 0 saturated heterocycles. The molecule has 0 radical (unpaired) electrons. The fraction of sp³-hybridized carbons (Fsp3) is 1.00. The first-order chi connectivity index (χ1) is 7.45. The smallest absolute Gasteiger partial charge is 0.150 e. The Morgan fingerprint density at radius 2 is 1.75 bits per heavy atom. The van der Waals surface area contributed by atoms with E-state index < -0.39 is 9.84 Å². The SMILES string of the molecule is CCCCC(CC)(CBr)CCS(=O)(=O)CC. The molecule has 0 aliphatic heterocycles. The van der Waals surface area contributed by atoms with Crippen LogP contribution in [0.2, 0.25) is 0 Å². The number of halogens is 1. The Labute approximate surface area is 109 Å². The van der Waals surface area contributed by atoms with E-state index in [0.29, 0.717) is 5.75 Å². The van der Waals surface area contributed by atoms with Gasteiger partial charge in [-0.25, -0.2) is 8.42 Å². The molecule has 0 bridgehead atoms. The quantitative estimate of drug-likeness (QED) is 0.607. The second-order valence-corrected chi connectivity index (χ2v) is 7.61. The van der Waals surface area contributed by atoms with Crippen LogP contribution in [0, 0.1) is 5.41 Å². The lowest BCUT2D eigenvalue weighted by Crippen LogP contribution is -2.26. The van der Waals surface area contributed by atoms with Gasteiger partial charge in [-0.1, -0.05) is 49.5 Å². The predicted octanol–water partition coefficient (Wildman–Crippen LogP) is 3.79. The minimum Gasteiger partial charge on any atom is -0.229 e. The largest absolute Gasteiger partial charge is 0.229 e. The summed E-state index contributed by atoms with van der Waals surface area (Å²) in [5, 5.41) is 0.912. The minimum atomic E-state index is -2.82. The Morgan fingerprint density at radius 1 is 1.12 bits per heavy atom. The maximum absolute atomic E-state index is 11.5. The molecule has 4 heteroatoms. The summed E-state index contributed by atoms with van der Waals surface area (Å²) in [6.45, 7) is 6.07. The van der Waals surface area contributed by atoms with Crippen LogP contribution in [0.5, 0.6) is 0 Å². The molecule has 2 nitrogen and oxygen atoms in total. The van der Waals surface area contributed by atoms with Crippen molar-refractivity contribution in [2.45, 2.75) is 52.9 Å². The fourth-order valence-corrected chi connectivity index (χ4v) is 3.76. The number of rotatable bonds is 9. The van der Waals surface area contributed by atoms with Gasteiger partial charge in [-0.2, -0.15) is 0 Å². The van der Waals surface area contributed by atoms with Crippen molar-refractivity contribution >= 4 is 25.8 Å². The van der Waals surface area contributed by atoms with E-state index in [1.807, 2.05) is 0 Å². The third-order valence-corrected chi connectivity index (χ3v) is 6.37. The van der Waals surface area contributed by atoms with Gasteiger partial charge in [-0.05, 0) is 24.7 Å². The summed E-state index contributed by atoms with van der Waals surface area (Å²) in [6.07, 6.45) is 5.34. The van der Waals surface area contributed by atoms with Crippen LogP contribution >= 0.6 is 15.9 Å². The molecule has 0 rings (SSSR count). The third kappa shape index (κ3) is 5.67. The number of hydrogen-bond donors (Lipinski definition) is 0. The highest BCUT2D eigenvalue weighted by molar-refractivity contribution is 9.09. The molecule has 0 aliphatic rings. The van der Waals surface area contributed by atoms with Crippen LogP contribution < -0.4 is 0 Å². The van der Waals surface area contributed by atoms with E-state index in [1.165, 1.54) is 12.8 Å². The van der Waals surface area contributed by atoms with E-state index in [-0.39, 0.29) is 11.2 Å². The zero-order valence-electron chi connectivity index (χ0n) is 10.8. The Morgan fingerprint density at radius 3 is 2.12 bits per heavy atom. The Bertz CT molecular complexity index is 269. The Hall–Kier alpha value is 0.430. The lowest BCUT2D eigenvalue weighted by atomic mass is 9.80. The molecule has 0 spiro atoms. The van der Waals surface area contributed by atoms with Crippen molar-refractivity contribution in [3.05, 3.63) is 0 Å². The van der Waals surface area contributed by atoms with E-state index in [0.717, 1.165) is 24.6 Å². The zero-order chi connectivity index (χ0) is 12.7. The van der Waals surface area contributed by atoms with Crippen LogP contribution in [-0.2, 0) is 9.84 Å². The molecule has 0 aromatic heterocycles. The summed E-state index contributed by atoms with van der Waals surface area (Å²) in [6, 6.07) is 0. The summed E-state index contributed by atoms with van der Waals surface area (Å²) in [7, 11) is -2.82. The molecule has 0 fully saturated rings. The summed E-state index contributed by atoms with van der Waals surface area (Å²) >= 11 is 3.56. The fourth-order valence-electron chi connectivity index (χ4n) is 1.77. The molecule has 16 heavy (non-hydrogen) atoms. The van der Waals surface area contributed by atoms with Crippen LogP contribution in [0.1, 0.15) is 52.9 Å². The highest BCUT2D eigenvalue weighted by Gasteiger charge is 2.27. The predicted molar refractivity (Wildman–Crippen MR) is 75.0 cm³/mol. The maximum Gasteiger partial charge on any atom is 0.150 e. The average molecular weight is 313 g/mol. The lowest BCUT2D eigenvalue weighted by Gasteiger charge is -2.30. The normalized spacial score (nSPS) is 16.0. The van der Waals surface area contributed by atoms with Crippen molar-refractivity contribution in [2.24, 2.45) is 5.41 Å². The summed E-state index contributed by atoms with van der Waals surface area (Å²) in [5.41, 5.74) is 0.179. The van der Waals surface area contributed by atoms with Gasteiger partial charge in [0.1, 0.15) is 9.84 Å². The van der Waals surface area contributed by atoms with Gasteiger partial charge in [-0.3, -0.25) is 0 Å². The number of alkyl halides is 1. The van der Waals surface area contributed by atoms with E-state index in [9.17, 15) is 8.42 Å². The van der Waals surface area contributed by atoms with Crippen molar-refractivity contribution < 1.29 is 8.42 Å². The number of unbranched alkanes of at least 4 members (excludes halogenated alkanes) is 1. The summed E-state index contributed by atoms with van der Waals surface area (Å²) in [5.74, 6) is 0.607. The van der Waals surface area contributed by atoms with Gasteiger partial charge in [0.15, 0.2) is 0 Å². The lowest BCUT2D eigenvalue weighted by molar-refractivity contribution is 0.276. The van der Waals surface area contributed by atoms with E-state index in [1.54, 1.807) is 6.92 Å². The molecule has 1 unspecified atom stereocenters. The van der Waals surface area contributed by atoms with Gasteiger partial charge in [0.05, 0.1) is 5.75 Å². The van der Waals surface area contributed by atoms with Gasteiger partial charge < -0.3 is 0 Å². The molecule has 0 heterocycles. The first-order valence-electron chi connectivity index (χ1n) is 6.21. The molecule has 0 amide bonds. The molecule has 0 aromatic carbocycles. The highest BCUT2D eigenvalue weighted by atomic mass is 79.9. The van der Waals surface area contributed by atoms with Crippen molar-refractivity contribution in [1.82, 2.24) is 0 Å². The van der Waals surface area contributed by atoms with Crippen molar-refractivity contribution in [2.75, 3.05) is 16.8 Å². The van der Waals surface area contributed by atoms with E-state index in [4.69, 9.17) is 0 Å². The molecule has 0 N–H and O–H groups in total. The maximum atomic E-state index is 11.5. The van der Waals surface area contributed by atoms with Gasteiger partial charge in [0.25, 0.3) is 0 Å². The van der Waals surface area contributed by atoms with Gasteiger partial charge in [0.2, 0.25) is 0 Å². The van der Waals surface area contributed by atoms with Crippen LogP contribution in [0.25, 0.3) is 0 Å². The van der Waals surface area contributed by atoms with E-state index in [2.05, 4.69) is 29.8 Å². The monoisotopic (exact) mass is 312 g/mol. The van der Waals surface area contributed by atoms with Crippen molar-refractivity contribution in [3.63, 3.8) is 0 Å². The van der Waals surface area contributed by atoms with Crippen molar-refractivity contribution in [3.8, 4) is 0 Å². The molecular formula is C12H25BrO2S. The Balaban J connectivity index is 4.43. The first kappa shape index (κ1) is 16.4. The summed E-state index contributed by atoms with van der Waals surface area (Å²) < 4.78 is 23.1. The van der Waals surface area contributed by atoms with Crippen LogP contribution in [0.15, 0.2) is 0 Å². The molecule has 0 aromatic rings. The minimum absolute atomic E-state index is 0.179.